The molecule has 0 saturated heterocycles. The van der Waals surface area contributed by atoms with Crippen molar-refractivity contribution in [1.82, 2.24) is 15.5 Å². The van der Waals surface area contributed by atoms with Crippen LogP contribution in [0.25, 0.3) is 0 Å². The van der Waals surface area contributed by atoms with Crippen LogP contribution >= 0.6 is 0 Å². The first kappa shape index (κ1) is 22.0. The fourth-order valence-corrected chi connectivity index (χ4v) is 2.68. The Morgan fingerprint density at radius 2 is 1.73 bits per heavy atom. The topological polar surface area (TPSA) is 56.7 Å². The zero-order valence-electron chi connectivity index (χ0n) is 17.1. The largest absolute Gasteiger partial charge is 0.357 e. The van der Waals surface area contributed by atoms with E-state index in [1.165, 1.54) is 6.42 Å². The predicted octanol–water partition coefficient (Wildman–Crippen LogP) is 3.66. The molecule has 0 aliphatic carbocycles. The molecule has 5 nitrogen and oxygen atoms in total. The third kappa shape index (κ3) is 7.89. The molecular weight excluding hydrogens is 324 g/mol. The lowest BCUT2D eigenvalue weighted by Crippen LogP contribution is -2.37. The van der Waals surface area contributed by atoms with Crippen molar-refractivity contribution in [3.05, 3.63) is 35.4 Å². The van der Waals surface area contributed by atoms with E-state index in [1.54, 1.807) is 0 Å². The molecule has 0 heterocycles. The quantitative estimate of drug-likeness (QED) is 0.380. The van der Waals surface area contributed by atoms with Crippen LogP contribution < -0.4 is 10.6 Å². The Kier molecular flexibility index (Phi) is 10.4. The van der Waals surface area contributed by atoms with E-state index < -0.39 is 0 Å². The van der Waals surface area contributed by atoms with Gasteiger partial charge in [0, 0.05) is 31.7 Å². The zero-order valence-corrected chi connectivity index (χ0v) is 17.1. The first-order valence-corrected chi connectivity index (χ1v) is 9.92. The molecule has 1 aromatic rings. The molecule has 0 aromatic heterocycles. The molecular formula is C21H36N4O. The summed E-state index contributed by atoms with van der Waals surface area (Å²) in [6, 6.07) is 7.77. The van der Waals surface area contributed by atoms with E-state index in [0.29, 0.717) is 6.54 Å². The number of nitrogens with zero attached hydrogens (tertiary/aromatic N) is 2. The number of rotatable bonds is 10. The van der Waals surface area contributed by atoms with Gasteiger partial charge in [-0.2, -0.15) is 0 Å². The number of hydrogen-bond donors (Lipinski definition) is 2. The summed E-state index contributed by atoms with van der Waals surface area (Å²) in [5.41, 5.74) is 1.83. The van der Waals surface area contributed by atoms with Gasteiger partial charge in [0.05, 0.1) is 6.54 Å². The third-order valence-corrected chi connectivity index (χ3v) is 4.27. The lowest BCUT2D eigenvalue weighted by atomic mass is 10.1. The van der Waals surface area contributed by atoms with Crippen molar-refractivity contribution in [3.63, 3.8) is 0 Å². The second-order valence-electron chi connectivity index (χ2n) is 6.83. The zero-order chi connectivity index (χ0) is 19.4. The third-order valence-electron chi connectivity index (χ3n) is 4.27. The van der Waals surface area contributed by atoms with Crippen LogP contribution in [0.1, 0.15) is 63.4 Å². The number of nitrogens with one attached hydrogen (secondary N) is 2. The number of guanidine groups is 1. The van der Waals surface area contributed by atoms with Crippen molar-refractivity contribution in [2.24, 2.45) is 10.9 Å². The second kappa shape index (κ2) is 12.3. The van der Waals surface area contributed by atoms with Crippen LogP contribution in [0, 0.1) is 5.92 Å². The highest BCUT2D eigenvalue weighted by Crippen LogP contribution is 2.09. The maximum atomic E-state index is 12.3. The second-order valence-corrected chi connectivity index (χ2v) is 6.83. The summed E-state index contributed by atoms with van der Waals surface area (Å²) in [6.07, 6.45) is 2.36. The van der Waals surface area contributed by atoms with E-state index in [2.05, 4.69) is 36.4 Å². The Bertz CT molecular complexity index is 548. The van der Waals surface area contributed by atoms with Crippen molar-refractivity contribution in [1.29, 1.82) is 0 Å². The Hall–Kier alpha value is -2.04. The van der Waals surface area contributed by atoms with Crippen molar-refractivity contribution in [3.8, 4) is 0 Å². The van der Waals surface area contributed by atoms with Crippen molar-refractivity contribution >= 4 is 11.9 Å². The van der Waals surface area contributed by atoms with Crippen molar-refractivity contribution in [2.75, 3.05) is 26.2 Å². The lowest BCUT2D eigenvalue weighted by molar-refractivity contribution is 0.0773. The molecule has 0 saturated carbocycles. The maximum absolute atomic E-state index is 12.3. The molecule has 1 amide bonds. The van der Waals surface area contributed by atoms with E-state index in [9.17, 15) is 4.79 Å². The van der Waals surface area contributed by atoms with Gasteiger partial charge in [0.25, 0.3) is 5.91 Å². The van der Waals surface area contributed by atoms with Gasteiger partial charge in [0.1, 0.15) is 0 Å². The number of carbonyl (C=O) groups excluding carboxylic acids is 1. The van der Waals surface area contributed by atoms with Crippen LogP contribution in [0.3, 0.4) is 0 Å². The minimum atomic E-state index is 0.0882. The van der Waals surface area contributed by atoms with Gasteiger partial charge >= 0.3 is 0 Å². The molecule has 0 fully saturated rings. The summed E-state index contributed by atoms with van der Waals surface area (Å²) in [5, 5.41) is 6.66. The molecule has 0 aliphatic heterocycles. The number of amides is 1. The van der Waals surface area contributed by atoms with E-state index >= 15 is 0 Å². The molecule has 0 atom stereocenters. The van der Waals surface area contributed by atoms with E-state index in [-0.39, 0.29) is 5.91 Å². The fraction of sp³-hybridized carbons (Fsp3) is 0.619. The minimum absolute atomic E-state index is 0.0882. The molecule has 0 aliphatic rings. The van der Waals surface area contributed by atoms with E-state index in [4.69, 9.17) is 0 Å². The highest BCUT2D eigenvalue weighted by molar-refractivity contribution is 5.94. The summed E-state index contributed by atoms with van der Waals surface area (Å²) in [4.78, 5) is 18.8. The number of carbonyl (C=O) groups is 1. The highest BCUT2D eigenvalue weighted by Gasteiger charge is 2.11. The van der Waals surface area contributed by atoms with Gasteiger partial charge in [-0.25, -0.2) is 4.99 Å². The Labute approximate surface area is 159 Å². The molecule has 0 unspecified atom stereocenters. The molecule has 0 radical (unpaired) electrons. The molecule has 2 N–H and O–H groups in total. The van der Waals surface area contributed by atoms with Crippen LogP contribution in [0.4, 0.5) is 0 Å². The first-order chi connectivity index (χ1) is 12.5. The van der Waals surface area contributed by atoms with Gasteiger partial charge in [-0.15, -0.1) is 0 Å². The van der Waals surface area contributed by atoms with Crippen molar-refractivity contribution < 1.29 is 4.79 Å². The molecule has 1 aromatic carbocycles. The number of hydrogen-bond acceptors (Lipinski definition) is 2. The van der Waals surface area contributed by atoms with Gasteiger partial charge in [0.2, 0.25) is 0 Å². The summed E-state index contributed by atoms with van der Waals surface area (Å²) >= 11 is 0. The van der Waals surface area contributed by atoms with Gasteiger partial charge in [-0.3, -0.25) is 4.79 Å². The first-order valence-electron chi connectivity index (χ1n) is 9.92. The summed E-state index contributed by atoms with van der Waals surface area (Å²) in [5.74, 6) is 1.67. The fourth-order valence-electron chi connectivity index (χ4n) is 2.68. The summed E-state index contributed by atoms with van der Waals surface area (Å²) < 4.78 is 0. The molecule has 26 heavy (non-hydrogen) atoms. The highest BCUT2D eigenvalue weighted by atomic mass is 16.2. The van der Waals surface area contributed by atoms with Crippen LogP contribution in [-0.4, -0.2) is 42.9 Å². The van der Waals surface area contributed by atoms with E-state index in [0.717, 1.165) is 55.6 Å². The maximum Gasteiger partial charge on any atom is 0.253 e. The van der Waals surface area contributed by atoms with Gasteiger partial charge < -0.3 is 15.5 Å². The molecule has 5 heteroatoms. The SMILES string of the molecule is CCNC(=NCc1ccc(C(=O)N(CC)CC)cc1)NCCCC(C)C. The van der Waals surface area contributed by atoms with Crippen LogP contribution in [0.15, 0.2) is 29.3 Å². The van der Waals surface area contributed by atoms with E-state index in [1.807, 2.05) is 43.0 Å². The van der Waals surface area contributed by atoms with Crippen LogP contribution in [-0.2, 0) is 6.54 Å². The minimum Gasteiger partial charge on any atom is -0.357 e. The van der Waals surface area contributed by atoms with Gasteiger partial charge in [-0.1, -0.05) is 26.0 Å². The average molecular weight is 361 g/mol. The Morgan fingerprint density at radius 3 is 2.27 bits per heavy atom. The van der Waals surface area contributed by atoms with Crippen LogP contribution in [0.2, 0.25) is 0 Å². The Morgan fingerprint density at radius 1 is 1.08 bits per heavy atom. The molecule has 0 spiro atoms. The summed E-state index contributed by atoms with van der Waals surface area (Å²) in [7, 11) is 0. The molecule has 0 bridgehead atoms. The molecule has 146 valence electrons. The van der Waals surface area contributed by atoms with Gasteiger partial charge in [0.15, 0.2) is 5.96 Å². The smallest absolute Gasteiger partial charge is 0.253 e. The van der Waals surface area contributed by atoms with Crippen molar-refractivity contribution in [2.45, 2.75) is 54.0 Å². The summed E-state index contributed by atoms with van der Waals surface area (Å²) in [6.45, 7) is 14.4. The lowest BCUT2D eigenvalue weighted by Gasteiger charge is -2.18. The van der Waals surface area contributed by atoms with Gasteiger partial charge in [-0.05, 0) is 57.2 Å². The Balaban J connectivity index is 2.61. The van der Waals surface area contributed by atoms with Crippen LogP contribution in [0.5, 0.6) is 0 Å². The standard InChI is InChI=1S/C21H36N4O/c1-6-22-21(23-15-9-10-17(4)5)24-16-18-11-13-19(14-12-18)20(26)25(7-2)8-3/h11-14,17H,6-10,15-16H2,1-5H3,(H2,22,23,24). The number of aliphatic imine (C=N–C) groups is 1. The predicted molar refractivity (Wildman–Crippen MR) is 111 cm³/mol. The normalized spacial score (nSPS) is 11.5. The average Bonchev–Trinajstić information content (AvgIpc) is 2.64. The molecule has 1 rings (SSSR count). The monoisotopic (exact) mass is 360 g/mol. The number of benzene rings is 1.